The fourth-order valence-electron chi connectivity index (χ4n) is 10.6. The monoisotopic (exact) mass is 1390 g/mol. The molecule has 0 radical (unpaired) electrons. The van der Waals surface area contributed by atoms with Crippen molar-refractivity contribution in [1.82, 2.24) is 31.1 Å². The molecule has 550 valence electrons. The molecule has 97 heavy (non-hydrogen) atoms. The topological polar surface area (TPSA) is 423 Å². The van der Waals surface area contributed by atoms with Gasteiger partial charge in [0.2, 0.25) is 23.6 Å². The number of ether oxygens (including phenoxy) is 14. The number of nitrogens with zero attached hydrogens (tertiary/aromatic N) is 2. The zero-order chi connectivity index (χ0) is 72.6. The first-order chi connectivity index (χ1) is 45.6. The quantitative estimate of drug-likeness (QED) is 0.0333. The minimum Gasteiger partial charge on any atom is -0.463 e. The van der Waals surface area contributed by atoms with E-state index in [0.717, 1.165) is 27.7 Å². The predicted octanol–water partition coefficient (Wildman–Crippen LogP) is -0.721. The molecule has 3 aliphatic rings. The van der Waals surface area contributed by atoms with Gasteiger partial charge in [-0.2, -0.15) is 0 Å². The SMILES string of the molecule is CC(=O)OCC1OC(OCC(=O)NCCCC(=O)CN(CCN(CC(=O)NCCCC(=O)COC2OC(COC(C)=O)C(OC(C)=O)C(OC(C)=O)C2C)C(C)C)CC(=O)NCCNC(=O)COC2OC(COC(C)=O)C(OC(C)=O)C(OC(C)=O)C2C)C(C)C(C)C1OC(C)=O. The van der Waals surface area contributed by atoms with Gasteiger partial charge in [-0.25, -0.2) is 0 Å². The van der Waals surface area contributed by atoms with Gasteiger partial charge in [-0.3, -0.25) is 76.9 Å². The van der Waals surface area contributed by atoms with Gasteiger partial charge in [0, 0.05) is 137 Å². The van der Waals surface area contributed by atoms with Crippen LogP contribution in [0.5, 0.6) is 0 Å². The van der Waals surface area contributed by atoms with Crippen LogP contribution >= 0.6 is 0 Å². The van der Waals surface area contributed by atoms with E-state index < -0.39 is 171 Å². The summed E-state index contributed by atoms with van der Waals surface area (Å²) in [6.45, 7) is 17.3. The van der Waals surface area contributed by atoms with Crippen LogP contribution < -0.4 is 21.3 Å². The summed E-state index contributed by atoms with van der Waals surface area (Å²) in [7, 11) is 0. The second kappa shape index (κ2) is 43.1. The summed E-state index contributed by atoms with van der Waals surface area (Å²) >= 11 is 0. The fourth-order valence-corrected chi connectivity index (χ4v) is 10.6. The highest BCUT2D eigenvalue weighted by Gasteiger charge is 2.51. The molecule has 3 rings (SSSR count). The van der Waals surface area contributed by atoms with Crippen LogP contribution in [-0.2, 0) is 133 Å². The molecule has 0 spiro atoms. The maximum atomic E-state index is 13.6. The molecule has 3 heterocycles. The highest BCUT2D eigenvalue weighted by Crippen LogP contribution is 2.35. The normalized spacial score (nSPS) is 25.3. The van der Waals surface area contributed by atoms with Gasteiger partial charge in [-0.15, -0.1) is 0 Å². The number of esters is 8. The number of Topliss-reactive ketones (excluding diaryl/α,β-unsaturated/α-hetero) is 2. The summed E-state index contributed by atoms with van der Waals surface area (Å²) in [5, 5.41) is 10.8. The Morgan fingerprint density at radius 2 is 0.722 bits per heavy atom. The Hall–Kier alpha value is -7.34. The van der Waals surface area contributed by atoms with Crippen molar-refractivity contribution in [1.29, 1.82) is 0 Å². The second-order valence-electron chi connectivity index (χ2n) is 24.2. The van der Waals surface area contributed by atoms with Gasteiger partial charge in [-0.05, 0) is 26.7 Å². The van der Waals surface area contributed by atoms with Crippen LogP contribution in [0.3, 0.4) is 0 Å². The third kappa shape index (κ3) is 31.8. The Bertz CT molecular complexity index is 2660. The van der Waals surface area contributed by atoms with Gasteiger partial charge in [0.05, 0.1) is 19.6 Å². The number of carbonyl (C=O) groups is 14. The van der Waals surface area contributed by atoms with E-state index >= 15 is 0 Å². The lowest BCUT2D eigenvalue weighted by Gasteiger charge is -2.43. The number of carbonyl (C=O) groups excluding carboxylic acids is 14. The van der Waals surface area contributed by atoms with Gasteiger partial charge in [0.25, 0.3) is 0 Å². The molecule has 15 unspecified atom stereocenters. The molecule has 3 fully saturated rings. The van der Waals surface area contributed by atoms with Gasteiger partial charge in [0.1, 0.15) is 82.0 Å². The predicted molar refractivity (Wildman–Crippen MR) is 332 cm³/mol. The average Bonchev–Trinajstić information content (AvgIpc) is 0.813. The third-order valence-electron chi connectivity index (χ3n) is 15.6. The van der Waals surface area contributed by atoms with Crippen molar-refractivity contribution in [3.05, 3.63) is 0 Å². The van der Waals surface area contributed by atoms with Crippen molar-refractivity contribution >= 4 is 82.9 Å². The van der Waals surface area contributed by atoms with Crippen molar-refractivity contribution in [2.45, 2.75) is 196 Å². The van der Waals surface area contributed by atoms with Crippen molar-refractivity contribution in [2.75, 3.05) is 98.5 Å². The molecule has 0 aromatic carbocycles. The fraction of sp³-hybridized carbons (Fsp3) is 0.778. The van der Waals surface area contributed by atoms with Crippen LogP contribution in [0, 0.1) is 23.7 Å². The van der Waals surface area contributed by atoms with E-state index in [4.69, 9.17) is 66.3 Å². The van der Waals surface area contributed by atoms with E-state index in [0.29, 0.717) is 0 Å². The number of rotatable bonds is 41. The van der Waals surface area contributed by atoms with Crippen LogP contribution in [-0.4, -0.2) is 265 Å². The minimum atomic E-state index is -1.20. The number of ketones is 2. The van der Waals surface area contributed by atoms with E-state index in [1.165, 1.54) is 27.7 Å². The Morgan fingerprint density at radius 1 is 0.371 bits per heavy atom. The van der Waals surface area contributed by atoms with Crippen molar-refractivity contribution < 1.29 is 133 Å². The van der Waals surface area contributed by atoms with Crippen molar-refractivity contribution in [3.8, 4) is 0 Å². The van der Waals surface area contributed by atoms with Crippen LogP contribution in [0.4, 0.5) is 0 Å². The summed E-state index contributed by atoms with van der Waals surface area (Å²) in [5.74, 6) is -10.1. The van der Waals surface area contributed by atoms with E-state index in [1.54, 1.807) is 25.7 Å². The van der Waals surface area contributed by atoms with Crippen LogP contribution in [0.2, 0.25) is 0 Å². The largest absolute Gasteiger partial charge is 0.463 e. The highest BCUT2D eigenvalue weighted by atomic mass is 16.7. The zero-order valence-electron chi connectivity index (χ0n) is 58.0. The van der Waals surface area contributed by atoms with E-state index in [2.05, 4.69) is 21.3 Å². The van der Waals surface area contributed by atoms with Crippen LogP contribution in [0.25, 0.3) is 0 Å². The lowest BCUT2D eigenvalue weighted by Crippen LogP contribution is -2.58. The molecule has 0 aromatic rings. The number of nitrogens with one attached hydrogen (secondary N) is 4. The molecule has 34 heteroatoms. The molecule has 15 atom stereocenters. The van der Waals surface area contributed by atoms with Crippen LogP contribution in [0.15, 0.2) is 0 Å². The van der Waals surface area contributed by atoms with Gasteiger partial charge in [-0.1, -0.05) is 27.7 Å². The number of amides is 4. The molecule has 34 nitrogen and oxygen atoms in total. The molecule has 0 bridgehead atoms. The summed E-state index contributed by atoms with van der Waals surface area (Å²) < 4.78 is 77.8. The smallest absolute Gasteiger partial charge is 0.303 e. The Balaban J connectivity index is 1.61. The molecule has 0 aromatic heterocycles. The Kier molecular flexibility index (Phi) is 37.3. The molecule has 4 N–H and O–H groups in total. The van der Waals surface area contributed by atoms with Crippen molar-refractivity contribution in [3.63, 3.8) is 0 Å². The maximum Gasteiger partial charge on any atom is 0.303 e. The number of hydrogen-bond donors (Lipinski definition) is 4. The average molecular weight is 1390 g/mol. The van der Waals surface area contributed by atoms with Crippen LogP contribution in [0.1, 0.15) is 123 Å². The lowest BCUT2D eigenvalue weighted by molar-refractivity contribution is -0.287. The standard InChI is InChI=1S/C63H100N6O28/c1-34(2)69(27-53(81)64-19-16-18-48(79)28-87-62-37(5)57(91-43(11)74)59(93-45(13)76)50(96-62)30-85-40(8)71)24-23-68(25-47(78)17-15-20-65-54(82)32-88-61-36(4)35(3)56(90-42(10)73)49(95-61)29-84-39(7)70)26-52(80)66-21-22-67-55(83)33-89-63-38(6)58(92-44(12)75)60(94-46(14)77)51(97-63)31-86-41(9)72/h34-38,49-51,56-63H,15-33H2,1-14H3,(H,64,81)(H,65,82)(H,66,80)(H,67,83). The van der Waals surface area contributed by atoms with Crippen molar-refractivity contribution in [2.24, 2.45) is 23.7 Å². The minimum absolute atomic E-state index is 0.0111. The summed E-state index contributed by atoms with van der Waals surface area (Å²) in [4.78, 5) is 178. The first kappa shape index (κ1) is 83.9. The molecular formula is C63H100N6O28. The summed E-state index contributed by atoms with van der Waals surface area (Å²) in [5.41, 5.74) is 0. The highest BCUT2D eigenvalue weighted by molar-refractivity contribution is 5.83. The third-order valence-corrected chi connectivity index (χ3v) is 15.6. The van der Waals surface area contributed by atoms with E-state index in [9.17, 15) is 67.1 Å². The lowest BCUT2D eigenvalue weighted by atomic mass is 9.84. The Morgan fingerprint density at radius 3 is 1.14 bits per heavy atom. The summed E-state index contributed by atoms with van der Waals surface area (Å²) in [6, 6.07) is -0.210. The first-order valence-corrected chi connectivity index (χ1v) is 32.3. The molecule has 3 aliphatic heterocycles. The van der Waals surface area contributed by atoms with E-state index in [1.807, 2.05) is 25.7 Å². The molecule has 3 saturated heterocycles. The number of hydrogen-bond acceptors (Lipinski definition) is 30. The molecule has 4 amide bonds. The summed E-state index contributed by atoms with van der Waals surface area (Å²) in [6.07, 6.45) is -11.2. The maximum absolute atomic E-state index is 13.6. The molecule has 0 saturated carbocycles. The Labute approximate surface area is 564 Å². The molecular weight excluding hydrogens is 1290 g/mol. The van der Waals surface area contributed by atoms with Gasteiger partial charge in [0.15, 0.2) is 36.9 Å². The zero-order valence-corrected chi connectivity index (χ0v) is 58.0. The van der Waals surface area contributed by atoms with E-state index in [-0.39, 0.29) is 133 Å². The molecule has 0 aliphatic carbocycles. The second-order valence-corrected chi connectivity index (χ2v) is 24.2. The first-order valence-electron chi connectivity index (χ1n) is 32.3. The van der Waals surface area contributed by atoms with Gasteiger partial charge >= 0.3 is 47.8 Å². The van der Waals surface area contributed by atoms with Gasteiger partial charge < -0.3 is 87.6 Å².